The fraction of sp³-hybridized carbons (Fsp3) is 0.167. The number of benzene rings is 2. The van der Waals surface area contributed by atoms with Crippen LogP contribution >= 0.6 is 22.6 Å². The van der Waals surface area contributed by atoms with E-state index < -0.39 is 11.8 Å². The SMILES string of the molecule is CCOc1cc(/C=N\NC(=O)C(=O)Nc2ccccc2OC)cc(I)c1O. The highest BCUT2D eigenvalue weighted by molar-refractivity contribution is 14.1. The molecule has 2 amide bonds. The Morgan fingerprint density at radius 2 is 1.96 bits per heavy atom. The third-order valence-electron chi connectivity index (χ3n) is 3.29. The number of para-hydroxylation sites is 2. The van der Waals surface area contributed by atoms with Gasteiger partial charge in [0.05, 0.1) is 29.2 Å². The Balaban J connectivity index is 2.01. The number of halogens is 1. The van der Waals surface area contributed by atoms with Gasteiger partial charge in [-0.3, -0.25) is 9.59 Å². The zero-order valence-electron chi connectivity index (χ0n) is 14.7. The molecule has 142 valence electrons. The van der Waals surface area contributed by atoms with Crippen LogP contribution in [-0.2, 0) is 9.59 Å². The fourth-order valence-corrected chi connectivity index (χ4v) is 2.70. The molecule has 0 fully saturated rings. The first-order chi connectivity index (χ1) is 13.0. The van der Waals surface area contributed by atoms with Crippen LogP contribution in [0, 0.1) is 3.57 Å². The minimum absolute atomic E-state index is 0.0369. The lowest BCUT2D eigenvalue weighted by Gasteiger charge is -2.09. The first-order valence-corrected chi connectivity index (χ1v) is 8.96. The number of hydrogen-bond acceptors (Lipinski definition) is 6. The van der Waals surface area contributed by atoms with E-state index in [1.807, 2.05) is 22.6 Å². The zero-order valence-corrected chi connectivity index (χ0v) is 16.8. The molecule has 0 heterocycles. The number of ether oxygens (including phenoxy) is 2. The fourth-order valence-electron chi connectivity index (χ4n) is 2.08. The summed E-state index contributed by atoms with van der Waals surface area (Å²) in [6.45, 7) is 2.19. The minimum Gasteiger partial charge on any atom is -0.504 e. The van der Waals surface area contributed by atoms with Crippen LogP contribution in [0.5, 0.6) is 17.2 Å². The molecule has 0 aliphatic heterocycles. The summed E-state index contributed by atoms with van der Waals surface area (Å²) in [6.07, 6.45) is 1.35. The van der Waals surface area contributed by atoms with Crippen molar-refractivity contribution in [1.29, 1.82) is 0 Å². The molecule has 0 aromatic heterocycles. The van der Waals surface area contributed by atoms with Gasteiger partial charge in [0.2, 0.25) is 0 Å². The predicted molar refractivity (Wildman–Crippen MR) is 109 cm³/mol. The van der Waals surface area contributed by atoms with Crippen molar-refractivity contribution in [2.75, 3.05) is 19.0 Å². The number of methoxy groups -OCH3 is 1. The Kier molecular flexibility index (Phi) is 7.41. The van der Waals surface area contributed by atoms with Crippen molar-refractivity contribution < 1.29 is 24.2 Å². The largest absolute Gasteiger partial charge is 0.504 e. The van der Waals surface area contributed by atoms with E-state index in [2.05, 4.69) is 15.8 Å². The number of nitrogens with zero attached hydrogens (tertiary/aromatic N) is 1. The molecule has 2 rings (SSSR count). The number of rotatable bonds is 6. The van der Waals surface area contributed by atoms with E-state index in [1.54, 1.807) is 43.3 Å². The quantitative estimate of drug-likeness (QED) is 0.253. The van der Waals surface area contributed by atoms with Gasteiger partial charge in [-0.1, -0.05) is 12.1 Å². The zero-order chi connectivity index (χ0) is 19.8. The van der Waals surface area contributed by atoms with Crippen molar-refractivity contribution in [3.63, 3.8) is 0 Å². The van der Waals surface area contributed by atoms with E-state index in [0.717, 1.165) is 0 Å². The maximum Gasteiger partial charge on any atom is 0.329 e. The second kappa shape index (κ2) is 9.76. The monoisotopic (exact) mass is 483 g/mol. The van der Waals surface area contributed by atoms with Crippen molar-refractivity contribution in [2.45, 2.75) is 6.92 Å². The van der Waals surface area contributed by atoms with Gasteiger partial charge in [-0.25, -0.2) is 5.43 Å². The molecule has 0 atom stereocenters. The Hall–Kier alpha value is -2.82. The Bertz CT molecular complexity index is 870. The number of anilines is 1. The molecular weight excluding hydrogens is 465 g/mol. The summed E-state index contributed by atoms with van der Waals surface area (Å²) in [5, 5.41) is 16.1. The molecule has 0 saturated carbocycles. The predicted octanol–water partition coefficient (Wildman–Crippen LogP) is 2.49. The Morgan fingerprint density at radius 3 is 2.67 bits per heavy atom. The Morgan fingerprint density at radius 1 is 1.22 bits per heavy atom. The van der Waals surface area contributed by atoms with Crippen LogP contribution in [-0.4, -0.2) is 36.9 Å². The van der Waals surface area contributed by atoms with Gasteiger partial charge in [-0.15, -0.1) is 0 Å². The van der Waals surface area contributed by atoms with Crippen molar-refractivity contribution in [1.82, 2.24) is 5.43 Å². The molecule has 0 aliphatic rings. The standard InChI is InChI=1S/C18H18IN3O5/c1-3-27-15-9-11(8-12(19)16(15)23)10-20-22-18(25)17(24)21-13-6-4-5-7-14(13)26-2/h4-10,23H,3H2,1-2H3,(H,21,24)(H,22,25)/b20-10-. The van der Waals surface area contributed by atoms with Gasteiger partial charge < -0.3 is 19.9 Å². The highest BCUT2D eigenvalue weighted by Gasteiger charge is 2.15. The van der Waals surface area contributed by atoms with Gasteiger partial charge in [0.1, 0.15) is 5.75 Å². The summed E-state index contributed by atoms with van der Waals surface area (Å²) in [6, 6.07) is 9.95. The Labute approximate surface area is 169 Å². The molecular formula is C18H18IN3O5. The van der Waals surface area contributed by atoms with E-state index in [4.69, 9.17) is 9.47 Å². The van der Waals surface area contributed by atoms with Crippen LogP contribution in [0.4, 0.5) is 5.69 Å². The van der Waals surface area contributed by atoms with E-state index in [0.29, 0.717) is 32.9 Å². The van der Waals surface area contributed by atoms with E-state index in [1.165, 1.54) is 13.3 Å². The van der Waals surface area contributed by atoms with Gasteiger partial charge in [0, 0.05) is 0 Å². The van der Waals surface area contributed by atoms with Gasteiger partial charge >= 0.3 is 11.8 Å². The first-order valence-electron chi connectivity index (χ1n) is 7.89. The van der Waals surface area contributed by atoms with E-state index in [9.17, 15) is 14.7 Å². The number of nitrogens with one attached hydrogen (secondary N) is 2. The molecule has 3 N–H and O–H groups in total. The van der Waals surface area contributed by atoms with Crippen LogP contribution in [0.25, 0.3) is 0 Å². The van der Waals surface area contributed by atoms with Crippen molar-refractivity contribution >= 4 is 46.3 Å². The number of phenols is 1. The summed E-state index contributed by atoms with van der Waals surface area (Å²) in [4.78, 5) is 23.8. The molecule has 0 saturated heterocycles. The molecule has 2 aromatic carbocycles. The van der Waals surface area contributed by atoms with Crippen LogP contribution < -0.4 is 20.2 Å². The average Bonchev–Trinajstić information content (AvgIpc) is 2.66. The maximum absolute atomic E-state index is 12.0. The molecule has 0 aliphatic carbocycles. The highest BCUT2D eigenvalue weighted by Crippen LogP contribution is 2.32. The second-order valence-electron chi connectivity index (χ2n) is 5.14. The van der Waals surface area contributed by atoms with Gasteiger partial charge in [0.15, 0.2) is 11.5 Å². The molecule has 9 heteroatoms. The van der Waals surface area contributed by atoms with Crippen LogP contribution in [0.15, 0.2) is 41.5 Å². The van der Waals surface area contributed by atoms with Crippen molar-refractivity contribution in [3.8, 4) is 17.2 Å². The van der Waals surface area contributed by atoms with Crippen molar-refractivity contribution in [2.24, 2.45) is 5.10 Å². The van der Waals surface area contributed by atoms with Gasteiger partial charge in [-0.05, 0) is 59.3 Å². The number of hydrazone groups is 1. The maximum atomic E-state index is 12.0. The molecule has 27 heavy (non-hydrogen) atoms. The summed E-state index contributed by atoms with van der Waals surface area (Å²) in [7, 11) is 1.46. The third kappa shape index (κ3) is 5.58. The topological polar surface area (TPSA) is 109 Å². The number of phenolic OH excluding ortho intramolecular Hbond substituents is 1. The van der Waals surface area contributed by atoms with Crippen LogP contribution in [0.2, 0.25) is 0 Å². The lowest BCUT2D eigenvalue weighted by Crippen LogP contribution is -2.32. The lowest BCUT2D eigenvalue weighted by atomic mass is 10.2. The third-order valence-corrected chi connectivity index (χ3v) is 4.11. The molecule has 0 radical (unpaired) electrons. The van der Waals surface area contributed by atoms with E-state index >= 15 is 0 Å². The summed E-state index contributed by atoms with van der Waals surface area (Å²) < 4.78 is 11.0. The second-order valence-corrected chi connectivity index (χ2v) is 6.30. The summed E-state index contributed by atoms with van der Waals surface area (Å²) in [5.74, 6) is -1.03. The number of amides is 2. The van der Waals surface area contributed by atoms with Crippen LogP contribution in [0.1, 0.15) is 12.5 Å². The van der Waals surface area contributed by atoms with Gasteiger partial charge in [0.25, 0.3) is 0 Å². The smallest absolute Gasteiger partial charge is 0.329 e. The highest BCUT2D eigenvalue weighted by atomic mass is 127. The van der Waals surface area contributed by atoms with Gasteiger partial charge in [-0.2, -0.15) is 5.10 Å². The summed E-state index contributed by atoms with van der Waals surface area (Å²) >= 11 is 1.96. The lowest BCUT2D eigenvalue weighted by molar-refractivity contribution is -0.136. The number of carbonyl (C=O) groups excluding carboxylic acids is 2. The number of hydrogen-bond donors (Lipinski definition) is 3. The molecule has 0 spiro atoms. The van der Waals surface area contributed by atoms with Crippen molar-refractivity contribution in [3.05, 3.63) is 45.5 Å². The minimum atomic E-state index is -0.935. The first kappa shape index (κ1) is 20.5. The normalized spacial score (nSPS) is 10.5. The number of carbonyl (C=O) groups is 2. The molecule has 0 bridgehead atoms. The number of aromatic hydroxyl groups is 1. The van der Waals surface area contributed by atoms with Crippen LogP contribution in [0.3, 0.4) is 0 Å². The van der Waals surface area contributed by atoms with E-state index in [-0.39, 0.29) is 5.75 Å². The molecule has 2 aromatic rings. The summed E-state index contributed by atoms with van der Waals surface area (Å²) in [5.41, 5.74) is 3.11. The molecule has 8 nitrogen and oxygen atoms in total. The molecule has 0 unspecified atom stereocenters. The average molecular weight is 483 g/mol.